The SMILES string of the molecule is N#Cc1cc(CCl)nc(Cl)c1C(F)F. The van der Waals surface area contributed by atoms with Crippen LogP contribution in [0.3, 0.4) is 0 Å². The van der Waals surface area contributed by atoms with E-state index in [9.17, 15) is 8.78 Å². The number of nitriles is 1. The van der Waals surface area contributed by atoms with Crippen molar-refractivity contribution in [2.45, 2.75) is 12.3 Å². The van der Waals surface area contributed by atoms with Crippen LogP contribution in [0.4, 0.5) is 8.78 Å². The van der Waals surface area contributed by atoms with Crippen LogP contribution in [0.25, 0.3) is 0 Å². The standard InChI is InChI=1S/C8H4Cl2F2N2/c9-2-5-1-4(3-13)6(8(11)12)7(10)14-5/h1,8H,2H2. The molecule has 0 amide bonds. The van der Waals surface area contributed by atoms with Gasteiger partial charge in [0.25, 0.3) is 6.43 Å². The molecule has 6 heteroatoms. The molecular formula is C8H4Cl2F2N2. The lowest BCUT2D eigenvalue weighted by Gasteiger charge is -2.05. The molecule has 2 nitrogen and oxygen atoms in total. The molecular weight excluding hydrogens is 233 g/mol. The summed E-state index contributed by atoms with van der Waals surface area (Å²) < 4.78 is 24.8. The van der Waals surface area contributed by atoms with Gasteiger partial charge in [-0.2, -0.15) is 5.26 Å². The molecule has 0 bridgehead atoms. The molecule has 0 atom stereocenters. The molecule has 0 aliphatic rings. The zero-order valence-corrected chi connectivity index (χ0v) is 8.28. The van der Waals surface area contributed by atoms with Crippen molar-refractivity contribution in [3.05, 3.63) is 28.0 Å². The van der Waals surface area contributed by atoms with Crippen LogP contribution in [-0.2, 0) is 5.88 Å². The molecule has 0 saturated carbocycles. The van der Waals surface area contributed by atoms with Crippen LogP contribution in [0.1, 0.15) is 23.2 Å². The van der Waals surface area contributed by atoms with E-state index in [1.54, 1.807) is 6.07 Å². The minimum atomic E-state index is -2.81. The van der Waals surface area contributed by atoms with Gasteiger partial charge in [-0.1, -0.05) is 11.6 Å². The summed E-state index contributed by atoms with van der Waals surface area (Å²) >= 11 is 10.9. The fourth-order valence-corrected chi connectivity index (χ4v) is 1.37. The summed E-state index contributed by atoms with van der Waals surface area (Å²) in [6, 6.07) is 2.84. The molecule has 1 aromatic rings. The summed E-state index contributed by atoms with van der Waals surface area (Å²) in [6.07, 6.45) is -2.81. The zero-order chi connectivity index (χ0) is 10.7. The van der Waals surface area contributed by atoms with Crippen molar-refractivity contribution in [2.75, 3.05) is 0 Å². The largest absolute Gasteiger partial charge is 0.268 e. The summed E-state index contributed by atoms with van der Waals surface area (Å²) in [5.41, 5.74) is -0.420. The van der Waals surface area contributed by atoms with Crippen LogP contribution in [0.5, 0.6) is 0 Å². The highest BCUT2D eigenvalue weighted by Gasteiger charge is 2.19. The highest BCUT2D eigenvalue weighted by molar-refractivity contribution is 6.30. The first-order valence-electron chi connectivity index (χ1n) is 3.53. The molecule has 74 valence electrons. The molecule has 1 aromatic heterocycles. The Hall–Kier alpha value is -0.920. The molecule has 0 fully saturated rings. The van der Waals surface area contributed by atoms with Gasteiger partial charge in [-0.3, -0.25) is 0 Å². The molecule has 0 aromatic carbocycles. The number of hydrogen-bond donors (Lipinski definition) is 0. The van der Waals surface area contributed by atoms with Crippen molar-refractivity contribution >= 4 is 23.2 Å². The number of halogens is 4. The van der Waals surface area contributed by atoms with E-state index in [0.29, 0.717) is 5.69 Å². The van der Waals surface area contributed by atoms with Crippen molar-refractivity contribution in [1.29, 1.82) is 5.26 Å². The van der Waals surface area contributed by atoms with Crippen molar-refractivity contribution in [3.63, 3.8) is 0 Å². The lowest BCUT2D eigenvalue weighted by molar-refractivity contribution is 0.150. The third-order valence-electron chi connectivity index (χ3n) is 1.54. The van der Waals surface area contributed by atoms with Gasteiger partial charge in [0.05, 0.1) is 28.8 Å². The molecule has 1 rings (SSSR count). The average molecular weight is 237 g/mol. The Balaban J connectivity index is 3.37. The van der Waals surface area contributed by atoms with Gasteiger partial charge in [-0.05, 0) is 6.07 Å². The lowest BCUT2D eigenvalue weighted by atomic mass is 10.1. The summed E-state index contributed by atoms with van der Waals surface area (Å²) in [7, 11) is 0. The number of aromatic nitrogens is 1. The van der Waals surface area contributed by atoms with E-state index in [2.05, 4.69) is 4.98 Å². The lowest BCUT2D eigenvalue weighted by Crippen LogP contribution is -1.98. The topological polar surface area (TPSA) is 36.7 Å². The molecule has 0 N–H and O–H groups in total. The van der Waals surface area contributed by atoms with Gasteiger partial charge < -0.3 is 0 Å². The number of pyridine rings is 1. The molecule has 0 radical (unpaired) electrons. The Labute approximate surface area is 89.1 Å². The van der Waals surface area contributed by atoms with Crippen molar-refractivity contribution < 1.29 is 8.78 Å². The Morgan fingerprint density at radius 2 is 2.21 bits per heavy atom. The summed E-state index contributed by atoms with van der Waals surface area (Å²) in [5, 5.41) is 8.23. The van der Waals surface area contributed by atoms with Crippen LogP contribution < -0.4 is 0 Å². The minimum absolute atomic E-state index is 0.0257. The van der Waals surface area contributed by atoms with E-state index in [1.165, 1.54) is 6.07 Å². The quantitative estimate of drug-likeness (QED) is 0.584. The first-order valence-corrected chi connectivity index (χ1v) is 4.45. The third-order valence-corrected chi connectivity index (χ3v) is 2.10. The van der Waals surface area contributed by atoms with Crippen molar-refractivity contribution in [2.24, 2.45) is 0 Å². The van der Waals surface area contributed by atoms with Crippen LogP contribution in [-0.4, -0.2) is 4.98 Å². The Bertz CT molecular complexity index is 388. The van der Waals surface area contributed by atoms with Crippen molar-refractivity contribution in [3.8, 4) is 6.07 Å². The second kappa shape index (κ2) is 4.54. The van der Waals surface area contributed by atoms with E-state index in [-0.39, 0.29) is 16.6 Å². The molecule has 0 aliphatic heterocycles. The summed E-state index contributed by atoms with van der Waals surface area (Å²) in [6.45, 7) is 0. The number of hydrogen-bond acceptors (Lipinski definition) is 2. The minimum Gasteiger partial charge on any atom is -0.239 e. The fraction of sp³-hybridized carbons (Fsp3) is 0.250. The molecule has 14 heavy (non-hydrogen) atoms. The monoisotopic (exact) mass is 236 g/mol. The highest BCUT2D eigenvalue weighted by Crippen LogP contribution is 2.29. The van der Waals surface area contributed by atoms with Gasteiger partial charge in [0, 0.05) is 0 Å². The summed E-state index contributed by atoms with van der Waals surface area (Å²) in [5.74, 6) is 0.0257. The fourth-order valence-electron chi connectivity index (χ4n) is 0.943. The first-order chi connectivity index (χ1) is 6.60. The predicted octanol–water partition coefficient (Wildman–Crippen LogP) is 3.28. The Morgan fingerprint density at radius 1 is 1.57 bits per heavy atom. The van der Waals surface area contributed by atoms with Gasteiger partial charge in [0.15, 0.2) is 0 Å². The maximum Gasteiger partial charge on any atom is 0.268 e. The van der Waals surface area contributed by atoms with E-state index in [0.717, 1.165) is 0 Å². The van der Waals surface area contributed by atoms with Gasteiger partial charge in [-0.25, -0.2) is 13.8 Å². The van der Waals surface area contributed by atoms with E-state index < -0.39 is 12.0 Å². The van der Waals surface area contributed by atoms with Crippen LogP contribution in [0.15, 0.2) is 6.07 Å². The van der Waals surface area contributed by atoms with Crippen molar-refractivity contribution in [1.82, 2.24) is 4.98 Å². The maximum atomic E-state index is 12.4. The van der Waals surface area contributed by atoms with Gasteiger partial charge in [0.1, 0.15) is 5.15 Å². The highest BCUT2D eigenvalue weighted by atomic mass is 35.5. The number of rotatable bonds is 2. The number of alkyl halides is 3. The zero-order valence-electron chi connectivity index (χ0n) is 6.77. The summed E-state index contributed by atoms with van der Waals surface area (Å²) in [4.78, 5) is 3.62. The Morgan fingerprint density at radius 3 is 2.64 bits per heavy atom. The molecule has 1 heterocycles. The smallest absolute Gasteiger partial charge is 0.239 e. The van der Waals surface area contributed by atoms with Crippen LogP contribution >= 0.6 is 23.2 Å². The molecule has 0 aliphatic carbocycles. The van der Waals surface area contributed by atoms with Gasteiger partial charge in [0.2, 0.25) is 0 Å². The van der Waals surface area contributed by atoms with E-state index in [1.807, 2.05) is 0 Å². The maximum absolute atomic E-state index is 12.4. The van der Waals surface area contributed by atoms with E-state index >= 15 is 0 Å². The second-order valence-corrected chi connectivity index (χ2v) is 3.04. The number of nitrogens with zero attached hydrogens (tertiary/aromatic N) is 2. The molecule has 0 saturated heterocycles. The van der Waals surface area contributed by atoms with Gasteiger partial charge in [-0.15, -0.1) is 11.6 Å². The normalized spacial score (nSPS) is 10.3. The first kappa shape index (κ1) is 11.2. The second-order valence-electron chi connectivity index (χ2n) is 2.41. The average Bonchev–Trinajstić information content (AvgIpc) is 2.15. The van der Waals surface area contributed by atoms with Gasteiger partial charge >= 0.3 is 0 Å². The molecule has 0 unspecified atom stereocenters. The van der Waals surface area contributed by atoms with Crippen LogP contribution in [0.2, 0.25) is 5.15 Å². The van der Waals surface area contributed by atoms with Crippen LogP contribution in [0, 0.1) is 11.3 Å². The molecule has 0 spiro atoms. The Kier molecular flexibility index (Phi) is 3.62. The third kappa shape index (κ3) is 2.11. The predicted molar refractivity (Wildman–Crippen MR) is 48.5 cm³/mol. The van der Waals surface area contributed by atoms with E-state index in [4.69, 9.17) is 28.5 Å².